The second-order valence-electron chi connectivity index (χ2n) is 1.89. The van der Waals surface area contributed by atoms with Crippen molar-refractivity contribution in [1.29, 1.82) is 0 Å². The van der Waals surface area contributed by atoms with Crippen LogP contribution in [0.2, 0.25) is 0 Å². The molecule has 3 N–H and O–H groups in total. The zero-order valence-corrected chi connectivity index (χ0v) is 6.27. The first-order valence-corrected chi connectivity index (χ1v) is 2.85. The van der Waals surface area contributed by atoms with E-state index in [-0.39, 0.29) is 0 Å². The summed E-state index contributed by atoms with van der Waals surface area (Å²) < 4.78 is 4.18. The van der Waals surface area contributed by atoms with Crippen molar-refractivity contribution in [3.05, 3.63) is 0 Å². The first-order chi connectivity index (χ1) is 5.00. The summed E-state index contributed by atoms with van der Waals surface area (Å²) in [5.74, 6) is 3.87. The van der Waals surface area contributed by atoms with Crippen LogP contribution in [0.15, 0.2) is 0 Å². The quantitative estimate of drug-likeness (QED) is 0.321. The van der Waals surface area contributed by atoms with E-state index in [4.69, 9.17) is 10.9 Å². The Morgan fingerprint density at radius 1 is 1.64 bits per heavy atom. The van der Waals surface area contributed by atoms with Crippen molar-refractivity contribution in [1.82, 2.24) is 5.01 Å². The number of carboxylic acids is 1. The molecule has 0 aliphatic heterocycles. The molecular weight excluding hydrogens is 152 g/mol. The van der Waals surface area contributed by atoms with Crippen LogP contribution in [0.25, 0.3) is 0 Å². The van der Waals surface area contributed by atoms with Crippen molar-refractivity contribution in [2.24, 2.45) is 5.84 Å². The van der Waals surface area contributed by atoms with Gasteiger partial charge in [0.25, 0.3) is 0 Å². The van der Waals surface area contributed by atoms with Crippen molar-refractivity contribution >= 4 is 12.1 Å². The van der Waals surface area contributed by atoms with Crippen molar-refractivity contribution < 1.29 is 19.4 Å². The molecular formula is C5H10N2O4. The van der Waals surface area contributed by atoms with Gasteiger partial charge in [0.1, 0.15) is 6.04 Å². The highest BCUT2D eigenvalue weighted by atomic mass is 16.5. The summed E-state index contributed by atoms with van der Waals surface area (Å²) in [6.45, 7) is 1.28. The van der Waals surface area contributed by atoms with Crippen LogP contribution in [0, 0.1) is 0 Å². The molecule has 6 nitrogen and oxygen atoms in total. The van der Waals surface area contributed by atoms with Gasteiger partial charge >= 0.3 is 12.1 Å². The third-order valence-corrected chi connectivity index (χ3v) is 1.16. The molecule has 6 heteroatoms. The number of carboxylic acid groups (broad SMARTS) is 1. The van der Waals surface area contributed by atoms with Gasteiger partial charge in [-0.05, 0) is 6.92 Å². The number of ether oxygens (including phenoxy) is 1. The highest BCUT2D eigenvalue weighted by molar-refractivity contribution is 5.78. The van der Waals surface area contributed by atoms with Crippen LogP contribution in [0.5, 0.6) is 0 Å². The van der Waals surface area contributed by atoms with Gasteiger partial charge in [0.15, 0.2) is 0 Å². The minimum Gasteiger partial charge on any atom is -0.480 e. The second-order valence-corrected chi connectivity index (χ2v) is 1.89. The lowest BCUT2D eigenvalue weighted by molar-refractivity contribution is -0.142. The molecule has 0 unspecified atom stereocenters. The molecule has 0 rings (SSSR count). The van der Waals surface area contributed by atoms with Crippen molar-refractivity contribution in [3.63, 3.8) is 0 Å². The molecule has 0 spiro atoms. The van der Waals surface area contributed by atoms with E-state index in [1.807, 2.05) is 0 Å². The number of hydrogen-bond donors (Lipinski definition) is 2. The lowest BCUT2D eigenvalue weighted by Crippen LogP contribution is -2.47. The van der Waals surface area contributed by atoms with Gasteiger partial charge in [0, 0.05) is 0 Å². The zero-order chi connectivity index (χ0) is 9.02. The minimum absolute atomic E-state index is 0.502. The average Bonchev–Trinajstić information content (AvgIpc) is 2.00. The number of hydrogen-bond acceptors (Lipinski definition) is 4. The summed E-state index contributed by atoms with van der Waals surface area (Å²) in [4.78, 5) is 20.8. The fraction of sp³-hybridized carbons (Fsp3) is 0.600. The van der Waals surface area contributed by atoms with Crippen LogP contribution >= 0.6 is 0 Å². The molecule has 0 heterocycles. The van der Waals surface area contributed by atoms with Crippen molar-refractivity contribution in [2.45, 2.75) is 13.0 Å². The maximum absolute atomic E-state index is 10.6. The van der Waals surface area contributed by atoms with Gasteiger partial charge in [-0.2, -0.15) is 0 Å². The molecule has 0 radical (unpaired) electrons. The van der Waals surface area contributed by atoms with Gasteiger partial charge in [-0.1, -0.05) is 0 Å². The Hall–Kier alpha value is -1.30. The number of nitrogens with zero attached hydrogens (tertiary/aromatic N) is 1. The molecule has 11 heavy (non-hydrogen) atoms. The molecule has 64 valence electrons. The number of nitrogens with two attached hydrogens (primary N) is 1. The third kappa shape index (κ3) is 2.42. The largest absolute Gasteiger partial charge is 0.480 e. The van der Waals surface area contributed by atoms with Gasteiger partial charge < -0.3 is 9.84 Å². The average molecular weight is 162 g/mol. The van der Waals surface area contributed by atoms with E-state index in [1.165, 1.54) is 6.92 Å². The molecule has 1 amide bonds. The van der Waals surface area contributed by atoms with Gasteiger partial charge in [-0.25, -0.2) is 20.4 Å². The number of carbonyl (C=O) groups is 2. The Morgan fingerprint density at radius 3 is 2.36 bits per heavy atom. The first-order valence-electron chi connectivity index (χ1n) is 2.85. The summed E-state index contributed by atoms with van der Waals surface area (Å²) in [6.07, 6.45) is -0.875. The normalized spacial score (nSPS) is 11.9. The van der Waals surface area contributed by atoms with Crippen LogP contribution in [0.3, 0.4) is 0 Å². The van der Waals surface area contributed by atoms with E-state index in [9.17, 15) is 9.59 Å². The van der Waals surface area contributed by atoms with Gasteiger partial charge in [0.05, 0.1) is 7.11 Å². The zero-order valence-electron chi connectivity index (χ0n) is 6.27. The van der Waals surface area contributed by atoms with Crippen LogP contribution < -0.4 is 5.84 Å². The summed E-state index contributed by atoms with van der Waals surface area (Å²) in [7, 11) is 1.12. The Labute approximate surface area is 63.5 Å². The highest BCUT2D eigenvalue weighted by Crippen LogP contribution is 1.94. The number of hydrazine groups is 1. The summed E-state index contributed by atoms with van der Waals surface area (Å²) in [5, 5.41) is 8.87. The molecule has 0 aromatic carbocycles. The maximum Gasteiger partial charge on any atom is 0.424 e. The number of amides is 1. The van der Waals surface area contributed by atoms with E-state index in [0.29, 0.717) is 5.01 Å². The maximum atomic E-state index is 10.6. The molecule has 0 aliphatic carbocycles. The standard InChI is InChI=1S/C5H10N2O4/c1-3(4(8)9)7(6)5(10)11-2/h3H,6H2,1-2H3,(H,8,9)/t3-/m0/s1. The monoisotopic (exact) mass is 162 g/mol. The smallest absolute Gasteiger partial charge is 0.424 e. The fourth-order valence-corrected chi connectivity index (χ4v) is 0.383. The Balaban J connectivity index is 4.12. The number of rotatable bonds is 2. The van der Waals surface area contributed by atoms with E-state index in [2.05, 4.69) is 4.74 Å². The SMILES string of the molecule is COC(=O)N(N)[C@@H](C)C(=O)O. The predicted molar refractivity (Wildman–Crippen MR) is 35.5 cm³/mol. The number of methoxy groups -OCH3 is 1. The Bertz CT molecular complexity index is 170. The van der Waals surface area contributed by atoms with Crippen LogP contribution in [-0.4, -0.2) is 35.3 Å². The third-order valence-electron chi connectivity index (χ3n) is 1.16. The Morgan fingerprint density at radius 2 is 2.09 bits per heavy atom. The molecule has 0 aromatic heterocycles. The number of carbonyl (C=O) groups excluding carboxylic acids is 1. The van der Waals surface area contributed by atoms with Gasteiger partial charge in [-0.15, -0.1) is 0 Å². The predicted octanol–water partition coefficient (Wildman–Crippen LogP) is -0.598. The second kappa shape index (κ2) is 3.77. The summed E-state index contributed by atoms with van der Waals surface area (Å²) >= 11 is 0. The van der Waals surface area contributed by atoms with E-state index < -0.39 is 18.1 Å². The highest BCUT2D eigenvalue weighted by Gasteiger charge is 2.22. The molecule has 0 aliphatic rings. The lowest BCUT2D eigenvalue weighted by atomic mass is 10.3. The van der Waals surface area contributed by atoms with E-state index >= 15 is 0 Å². The van der Waals surface area contributed by atoms with Gasteiger partial charge in [0.2, 0.25) is 0 Å². The van der Waals surface area contributed by atoms with Crippen LogP contribution in [0.1, 0.15) is 6.92 Å². The first kappa shape index (κ1) is 9.70. The van der Waals surface area contributed by atoms with Gasteiger partial charge in [-0.3, -0.25) is 0 Å². The summed E-state index contributed by atoms with van der Waals surface area (Å²) in [6, 6.07) is -1.08. The molecule has 0 saturated carbocycles. The molecule has 0 saturated heterocycles. The number of aliphatic carboxylic acids is 1. The van der Waals surface area contributed by atoms with Crippen LogP contribution in [-0.2, 0) is 9.53 Å². The van der Waals surface area contributed by atoms with E-state index in [1.54, 1.807) is 0 Å². The van der Waals surface area contributed by atoms with Crippen molar-refractivity contribution in [3.8, 4) is 0 Å². The lowest BCUT2D eigenvalue weighted by Gasteiger charge is -2.18. The van der Waals surface area contributed by atoms with Crippen LogP contribution in [0.4, 0.5) is 4.79 Å². The fourth-order valence-electron chi connectivity index (χ4n) is 0.383. The van der Waals surface area contributed by atoms with E-state index in [0.717, 1.165) is 7.11 Å². The Kier molecular flexibility index (Phi) is 3.32. The minimum atomic E-state index is -1.18. The molecule has 0 bridgehead atoms. The molecule has 0 fully saturated rings. The summed E-state index contributed by atoms with van der Waals surface area (Å²) in [5.41, 5.74) is 0. The molecule has 0 aromatic rings. The van der Waals surface area contributed by atoms with Crippen molar-refractivity contribution in [2.75, 3.05) is 7.11 Å². The topological polar surface area (TPSA) is 92.9 Å². The molecule has 1 atom stereocenters.